The summed E-state index contributed by atoms with van der Waals surface area (Å²) in [7, 11) is 0. The van der Waals surface area contributed by atoms with Crippen molar-refractivity contribution >= 4 is 17.5 Å². The Morgan fingerprint density at radius 1 is 1.03 bits per heavy atom. The summed E-state index contributed by atoms with van der Waals surface area (Å²) >= 11 is 6.26. The van der Waals surface area contributed by atoms with E-state index in [4.69, 9.17) is 11.6 Å². The molecule has 2 fully saturated rings. The van der Waals surface area contributed by atoms with Gasteiger partial charge in [0.05, 0.1) is 5.69 Å². The van der Waals surface area contributed by atoms with E-state index in [1.54, 1.807) is 10.7 Å². The van der Waals surface area contributed by atoms with Crippen LogP contribution in [0.5, 0.6) is 0 Å². The standard InChI is InChI=1S/C26H24ClF2N3O/c27-20-4-2-1-3-16(20)13-30-26(33)24-23-17-8-14-7-15(9-17)11-18(10-14)25(23)32(31-24)22-6-5-19(28)12-21(22)29/h1-6,12,14-15,17-18H,7-11,13H2,(H,30,33). The van der Waals surface area contributed by atoms with Crippen molar-refractivity contribution in [1.82, 2.24) is 15.1 Å². The molecule has 7 rings (SSSR count). The van der Waals surface area contributed by atoms with Crippen molar-refractivity contribution in [3.63, 3.8) is 0 Å². The molecule has 170 valence electrons. The molecule has 0 spiro atoms. The van der Waals surface area contributed by atoms with Gasteiger partial charge in [-0.2, -0.15) is 5.10 Å². The first kappa shape index (κ1) is 20.8. The summed E-state index contributed by atoms with van der Waals surface area (Å²) in [5.74, 6) is 0.150. The highest BCUT2D eigenvalue weighted by Gasteiger charge is 2.46. The monoisotopic (exact) mass is 467 g/mol. The van der Waals surface area contributed by atoms with Crippen molar-refractivity contribution in [2.24, 2.45) is 11.8 Å². The number of nitrogens with one attached hydrogen (secondary N) is 1. The smallest absolute Gasteiger partial charge is 0.272 e. The number of rotatable bonds is 4. The molecule has 4 nitrogen and oxygen atoms in total. The van der Waals surface area contributed by atoms with E-state index in [2.05, 4.69) is 10.4 Å². The molecule has 2 saturated carbocycles. The van der Waals surface area contributed by atoms with E-state index in [9.17, 15) is 13.6 Å². The maximum absolute atomic E-state index is 14.8. The summed E-state index contributed by atoms with van der Waals surface area (Å²) in [6, 6.07) is 10.9. The third-order valence-electron chi connectivity index (χ3n) is 7.64. The number of carbonyl (C=O) groups excluding carboxylic acids is 1. The largest absolute Gasteiger partial charge is 0.346 e. The minimum Gasteiger partial charge on any atom is -0.346 e. The Hall–Kier alpha value is -2.73. The fraction of sp³-hybridized carbons (Fsp3) is 0.385. The minimum absolute atomic E-state index is 0.194. The molecule has 0 saturated heterocycles. The van der Waals surface area contributed by atoms with E-state index in [1.165, 1.54) is 18.6 Å². The van der Waals surface area contributed by atoms with Crippen LogP contribution >= 0.6 is 11.6 Å². The van der Waals surface area contributed by atoms with Crippen LogP contribution in [0.15, 0.2) is 42.5 Å². The van der Waals surface area contributed by atoms with Crippen molar-refractivity contribution in [2.75, 3.05) is 0 Å². The van der Waals surface area contributed by atoms with Gasteiger partial charge < -0.3 is 5.32 Å². The maximum Gasteiger partial charge on any atom is 0.272 e. The summed E-state index contributed by atoms with van der Waals surface area (Å²) in [6.45, 7) is 0.282. The molecule has 2 unspecified atom stereocenters. The average Bonchev–Trinajstić information content (AvgIpc) is 3.09. The van der Waals surface area contributed by atoms with Crippen molar-refractivity contribution < 1.29 is 13.6 Å². The van der Waals surface area contributed by atoms with Crippen LogP contribution < -0.4 is 5.32 Å². The van der Waals surface area contributed by atoms with Crippen molar-refractivity contribution in [2.45, 2.75) is 50.5 Å². The van der Waals surface area contributed by atoms with E-state index >= 15 is 0 Å². The molecule has 1 heterocycles. The molecule has 1 amide bonds. The van der Waals surface area contributed by atoms with Gasteiger partial charge in [-0.05, 0) is 73.6 Å². The second-order valence-corrected chi connectivity index (χ2v) is 10.1. The first-order valence-electron chi connectivity index (χ1n) is 11.6. The van der Waals surface area contributed by atoms with Crippen LogP contribution in [-0.2, 0) is 6.54 Å². The predicted octanol–water partition coefficient (Wildman–Crippen LogP) is 6.12. The number of amides is 1. The topological polar surface area (TPSA) is 46.9 Å². The lowest BCUT2D eigenvalue weighted by Crippen LogP contribution is -2.28. The van der Waals surface area contributed by atoms with Gasteiger partial charge in [0, 0.05) is 29.1 Å². The normalized spacial score (nSPS) is 25.1. The van der Waals surface area contributed by atoms with E-state index in [1.807, 2.05) is 18.2 Å². The van der Waals surface area contributed by atoms with E-state index in [0.717, 1.165) is 48.6 Å². The fourth-order valence-electron chi connectivity index (χ4n) is 6.45. The van der Waals surface area contributed by atoms with Gasteiger partial charge in [0.2, 0.25) is 0 Å². The summed E-state index contributed by atoms with van der Waals surface area (Å²) in [5.41, 5.74) is 3.28. The van der Waals surface area contributed by atoms with Gasteiger partial charge in [-0.3, -0.25) is 4.79 Å². The highest BCUT2D eigenvalue weighted by molar-refractivity contribution is 6.31. The van der Waals surface area contributed by atoms with Crippen LogP contribution in [0.25, 0.3) is 5.69 Å². The van der Waals surface area contributed by atoms with Gasteiger partial charge in [0.1, 0.15) is 11.5 Å². The summed E-state index contributed by atoms with van der Waals surface area (Å²) in [6.07, 6.45) is 5.40. The van der Waals surface area contributed by atoms with Gasteiger partial charge in [0.25, 0.3) is 5.91 Å². The zero-order chi connectivity index (χ0) is 22.7. The summed E-state index contributed by atoms with van der Waals surface area (Å²) < 4.78 is 30.1. The Bertz CT molecular complexity index is 1240. The molecule has 1 aromatic heterocycles. The molecule has 4 aliphatic rings. The van der Waals surface area contributed by atoms with Crippen LogP contribution in [-0.4, -0.2) is 15.7 Å². The number of hydrogen-bond acceptors (Lipinski definition) is 2. The van der Waals surface area contributed by atoms with Gasteiger partial charge >= 0.3 is 0 Å². The quantitative estimate of drug-likeness (QED) is 0.502. The molecule has 4 aliphatic carbocycles. The van der Waals surface area contributed by atoms with E-state index in [0.29, 0.717) is 22.6 Å². The van der Waals surface area contributed by atoms with Crippen molar-refractivity contribution in [3.8, 4) is 5.69 Å². The van der Waals surface area contributed by atoms with Gasteiger partial charge in [-0.25, -0.2) is 13.5 Å². The maximum atomic E-state index is 14.8. The minimum atomic E-state index is -0.674. The number of halogens is 3. The molecule has 2 aromatic carbocycles. The molecular weight excluding hydrogens is 444 g/mol. The lowest BCUT2D eigenvalue weighted by molar-refractivity contribution is 0.0942. The third-order valence-corrected chi connectivity index (χ3v) is 8.01. The first-order valence-corrected chi connectivity index (χ1v) is 12.0. The predicted molar refractivity (Wildman–Crippen MR) is 122 cm³/mol. The van der Waals surface area contributed by atoms with Crippen LogP contribution in [0, 0.1) is 23.5 Å². The van der Waals surface area contributed by atoms with Crippen molar-refractivity contribution in [3.05, 3.63) is 81.6 Å². The Morgan fingerprint density at radius 2 is 1.76 bits per heavy atom. The number of aromatic nitrogens is 2. The van der Waals surface area contributed by atoms with Crippen LogP contribution in [0.1, 0.15) is 71.2 Å². The molecule has 4 bridgehead atoms. The Balaban J connectivity index is 1.44. The zero-order valence-electron chi connectivity index (χ0n) is 18.0. The Morgan fingerprint density at radius 3 is 2.48 bits per heavy atom. The first-order chi connectivity index (χ1) is 16.0. The summed E-state index contributed by atoms with van der Waals surface area (Å²) in [4.78, 5) is 13.4. The fourth-order valence-corrected chi connectivity index (χ4v) is 6.66. The Labute approximate surface area is 195 Å². The van der Waals surface area contributed by atoms with E-state index in [-0.39, 0.29) is 30.0 Å². The number of carbonyl (C=O) groups is 1. The van der Waals surface area contributed by atoms with Crippen LogP contribution in [0.4, 0.5) is 8.78 Å². The number of hydrogen-bond donors (Lipinski definition) is 1. The highest BCUT2D eigenvalue weighted by atomic mass is 35.5. The second kappa shape index (κ2) is 7.94. The zero-order valence-corrected chi connectivity index (χ0v) is 18.8. The van der Waals surface area contributed by atoms with Crippen LogP contribution in [0.3, 0.4) is 0 Å². The average molecular weight is 468 g/mol. The summed E-state index contributed by atoms with van der Waals surface area (Å²) in [5, 5.41) is 8.21. The molecule has 0 aliphatic heterocycles. The Kier molecular flexibility index (Phi) is 5.02. The number of benzene rings is 2. The number of nitrogens with zero attached hydrogens (tertiary/aromatic N) is 2. The molecule has 2 atom stereocenters. The third kappa shape index (κ3) is 3.55. The SMILES string of the molecule is O=C(NCc1ccccc1Cl)c1nn(-c2ccc(F)cc2F)c2c1C1CC3CC(C1)CC2C3. The second-order valence-electron chi connectivity index (χ2n) is 9.73. The molecule has 3 aromatic rings. The molecule has 7 heteroatoms. The molecular formula is C26H24ClF2N3O. The van der Waals surface area contributed by atoms with E-state index < -0.39 is 11.6 Å². The van der Waals surface area contributed by atoms with Gasteiger partial charge in [0.15, 0.2) is 11.5 Å². The van der Waals surface area contributed by atoms with Gasteiger partial charge in [-0.15, -0.1) is 0 Å². The molecule has 1 N–H and O–H groups in total. The molecule has 0 radical (unpaired) electrons. The highest BCUT2D eigenvalue weighted by Crippen LogP contribution is 2.57. The molecule has 33 heavy (non-hydrogen) atoms. The lowest BCUT2D eigenvalue weighted by Gasteiger charge is -2.38. The van der Waals surface area contributed by atoms with Crippen molar-refractivity contribution in [1.29, 1.82) is 0 Å². The van der Waals surface area contributed by atoms with Gasteiger partial charge in [-0.1, -0.05) is 29.8 Å². The van der Waals surface area contributed by atoms with Crippen LogP contribution in [0.2, 0.25) is 5.02 Å². The lowest BCUT2D eigenvalue weighted by atomic mass is 9.67.